The lowest BCUT2D eigenvalue weighted by Crippen LogP contribution is -2.29. The van der Waals surface area contributed by atoms with Crippen LogP contribution in [0.25, 0.3) is 0 Å². The minimum Gasteiger partial charge on any atom is -0.394 e. The molecule has 0 radical (unpaired) electrons. The molecule has 7 nitrogen and oxygen atoms in total. The summed E-state index contributed by atoms with van der Waals surface area (Å²) in [6.45, 7) is -0.300. The Hall–Kier alpha value is -2.22. The maximum absolute atomic E-state index is 12.1. The van der Waals surface area contributed by atoms with Gasteiger partial charge in [-0.25, -0.2) is 4.79 Å². The van der Waals surface area contributed by atoms with Gasteiger partial charge in [0.15, 0.2) is 0 Å². The first kappa shape index (κ1) is 15.7. The minimum atomic E-state index is -0.813. The van der Waals surface area contributed by atoms with Crippen molar-refractivity contribution in [2.45, 2.75) is 31.3 Å². The molecule has 1 aliphatic heterocycles. The molecule has 1 aromatic carbocycles. The summed E-state index contributed by atoms with van der Waals surface area (Å²) in [4.78, 5) is 15.9. The van der Waals surface area contributed by atoms with E-state index in [0.29, 0.717) is 12.0 Å². The topological polar surface area (TPSA) is 111 Å². The minimum absolute atomic E-state index is 0.187. The van der Waals surface area contributed by atoms with Crippen molar-refractivity contribution >= 4 is 5.82 Å². The molecule has 1 saturated heterocycles. The zero-order chi connectivity index (χ0) is 16.4. The van der Waals surface area contributed by atoms with Crippen LogP contribution in [0.3, 0.4) is 0 Å². The van der Waals surface area contributed by atoms with Crippen molar-refractivity contribution in [1.82, 2.24) is 9.55 Å². The Morgan fingerprint density at radius 3 is 2.74 bits per heavy atom. The van der Waals surface area contributed by atoms with Crippen molar-refractivity contribution in [1.29, 1.82) is 0 Å². The molecule has 0 amide bonds. The number of anilines is 1. The average molecular weight is 317 g/mol. The van der Waals surface area contributed by atoms with Gasteiger partial charge in [0.25, 0.3) is 0 Å². The molecule has 3 rings (SSSR count). The number of aliphatic hydroxyl groups is 2. The lowest BCUT2D eigenvalue weighted by Gasteiger charge is -2.16. The first-order valence-corrected chi connectivity index (χ1v) is 7.44. The Morgan fingerprint density at radius 1 is 1.35 bits per heavy atom. The highest BCUT2D eigenvalue weighted by Crippen LogP contribution is 2.28. The van der Waals surface area contributed by atoms with Gasteiger partial charge in [0, 0.05) is 24.6 Å². The molecule has 23 heavy (non-hydrogen) atoms. The van der Waals surface area contributed by atoms with E-state index in [2.05, 4.69) is 4.98 Å². The number of aromatic nitrogens is 2. The number of rotatable bonds is 4. The zero-order valence-corrected chi connectivity index (χ0v) is 12.5. The van der Waals surface area contributed by atoms with Gasteiger partial charge in [-0.2, -0.15) is 4.98 Å². The molecule has 2 aromatic rings. The van der Waals surface area contributed by atoms with E-state index in [4.69, 9.17) is 15.6 Å². The third-order valence-electron chi connectivity index (χ3n) is 3.99. The van der Waals surface area contributed by atoms with Gasteiger partial charge >= 0.3 is 5.69 Å². The third-order valence-corrected chi connectivity index (χ3v) is 3.99. The van der Waals surface area contributed by atoms with Gasteiger partial charge in [-0.1, -0.05) is 30.3 Å². The highest BCUT2D eigenvalue weighted by Gasteiger charge is 2.35. The predicted octanol–water partition coefficient (Wildman–Crippen LogP) is 0.0570. The number of ether oxygens (including phenoxy) is 1. The SMILES string of the molecule is Nc1nc(=O)n([C@@H]2C[C@H](O)[C@@H](CO)O2)cc1Cc1ccccc1. The van der Waals surface area contributed by atoms with E-state index in [1.54, 1.807) is 6.20 Å². The van der Waals surface area contributed by atoms with Gasteiger partial charge in [0.1, 0.15) is 18.1 Å². The number of nitrogen functional groups attached to an aromatic ring is 1. The number of benzene rings is 1. The number of nitrogens with zero attached hydrogens (tertiary/aromatic N) is 2. The van der Waals surface area contributed by atoms with Crippen LogP contribution in [0.15, 0.2) is 41.3 Å². The van der Waals surface area contributed by atoms with E-state index in [1.807, 2.05) is 30.3 Å². The van der Waals surface area contributed by atoms with Crippen LogP contribution in [0.1, 0.15) is 23.8 Å². The van der Waals surface area contributed by atoms with Crippen molar-refractivity contribution < 1.29 is 14.9 Å². The fraction of sp³-hybridized carbons (Fsp3) is 0.375. The van der Waals surface area contributed by atoms with Gasteiger partial charge in [0.2, 0.25) is 0 Å². The van der Waals surface area contributed by atoms with Crippen molar-refractivity contribution in [2.75, 3.05) is 12.3 Å². The summed E-state index contributed by atoms with van der Waals surface area (Å²) in [5.41, 5.74) is 7.09. The summed E-state index contributed by atoms with van der Waals surface area (Å²) < 4.78 is 6.84. The van der Waals surface area contributed by atoms with E-state index in [9.17, 15) is 9.90 Å². The largest absolute Gasteiger partial charge is 0.394 e. The highest BCUT2D eigenvalue weighted by atomic mass is 16.5. The van der Waals surface area contributed by atoms with E-state index in [-0.39, 0.29) is 18.8 Å². The standard InChI is InChI=1S/C16H19N3O4/c17-15-11(6-10-4-2-1-3-5-10)8-19(16(22)18-15)14-7-12(21)13(9-20)23-14/h1-5,8,12-14,20-21H,6-7,9H2,(H2,17,18,22)/t12-,13+,14-/m0/s1. The van der Waals surface area contributed by atoms with Crippen molar-refractivity contribution in [2.24, 2.45) is 0 Å². The van der Waals surface area contributed by atoms with E-state index in [1.165, 1.54) is 4.57 Å². The van der Waals surface area contributed by atoms with E-state index < -0.39 is 24.1 Å². The van der Waals surface area contributed by atoms with Gasteiger partial charge < -0.3 is 20.7 Å². The number of hydrogen-bond donors (Lipinski definition) is 3. The molecule has 1 fully saturated rings. The van der Waals surface area contributed by atoms with Gasteiger partial charge in [0.05, 0.1) is 12.7 Å². The Balaban J connectivity index is 1.90. The van der Waals surface area contributed by atoms with Crippen LogP contribution in [0.4, 0.5) is 5.82 Å². The van der Waals surface area contributed by atoms with Crippen molar-refractivity contribution in [3.63, 3.8) is 0 Å². The second-order valence-corrected chi connectivity index (χ2v) is 5.62. The second-order valence-electron chi connectivity index (χ2n) is 5.62. The van der Waals surface area contributed by atoms with Crippen LogP contribution in [0, 0.1) is 0 Å². The number of aliphatic hydroxyl groups excluding tert-OH is 2. The van der Waals surface area contributed by atoms with Crippen molar-refractivity contribution in [3.05, 3.63) is 58.1 Å². The van der Waals surface area contributed by atoms with Crippen LogP contribution in [-0.2, 0) is 11.2 Å². The zero-order valence-electron chi connectivity index (χ0n) is 12.5. The van der Waals surface area contributed by atoms with Gasteiger partial charge in [-0.3, -0.25) is 4.57 Å². The normalized spacial score (nSPS) is 24.0. The van der Waals surface area contributed by atoms with Crippen LogP contribution in [-0.4, -0.2) is 38.6 Å². The smallest absolute Gasteiger partial charge is 0.351 e. The average Bonchev–Trinajstić information content (AvgIpc) is 2.91. The second kappa shape index (κ2) is 6.49. The summed E-state index contributed by atoms with van der Waals surface area (Å²) in [7, 11) is 0. The van der Waals surface area contributed by atoms with Crippen LogP contribution in [0.5, 0.6) is 0 Å². The molecular weight excluding hydrogens is 298 g/mol. The summed E-state index contributed by atoms with van der Waals surface area (Å²) in [5.74, 6) is 0.187. The van der Waals surface area contributed by atoms with Crippen LogP contribution >= 0.6 is 0 Å². The molecule has 3 atom stereocenters. The molecular formula is C16H19N3O4. The molecule has 0 unspecified atom stereocenters. The number of hydrogen-bond acceptors (Lipinski definition) is 6. The predicted molar refractivity (Wildman–Crippen MR) is 83.8 cm³/mol. The lowest BCUT2D eigenvalue weighted by molar-refractivity contribution is -0.0459. The summed E-state index contributed by atoms with van der Waals surface area (Å²) in [5, 5.41) is 19.0. The Bertz CT molecular complexity index is 732. The summed E-state index contributed by atoms with van der Waals surface area (Å²) >= 11 is 0. The highest BCUT2D eigenvalue weighted by molar-refractivity contribution is 5.40. The molecule has 7 heteroatoms. The summed E-state index contributed by atoms with van der Waals surface area (Å²) in [6, 6.07) is 9.71. The Morgan fingerprint density at radius 2 is 2.09 bits per heavy atom. The Labute approximate surface area is 133 Å². The van der Waals surface area contributed by atoms with Gasteiger partial charge in [-0.05, 0) is 5.56 Å². The monoisotopic (exact) mass is 317 g/mol. The first-order valence-electron chi connectivity index (χ1n) is 7.44. The number of nitrogens with two attached hydrogens (primary N) is 1. The molecule has 1 aliphatic rings. The van der Waals surface area contributed by atoms with E-state index in [0.717, 1.165) is 5.56 Å². The first-order chi connectivity index (χ1) is 11.1. The fourth-order valence-corrected chi connectivity index (χ4v) is 2.73. The molecule has 0 spiro atoms. The van der Waals surface area contributed by atoms with Crippen LogP contribution in [0.2, 0.25) is 0 Å². The molecule has 2 heterocycles. The Kier molecular flexibility index (Phi) is 4.42. The molecule has 4 N–H and O–H groups in total. The molecule has 0 aliphatic carbocycles. The molecule has 0 saturated carbocycles. The maximum atomic E-state index is 12.1. The maximum Gasteiger partial charge on any atom is 0.351 e. The lowest BCUT2D eigenvalue weighted by atomic mass is 10.1. The van der Waals surface area contributed by atoms with E-state index >= 15 is 0 Å². The summed E-state index contributed by atoms with van der Waals surface area (Å²) in [6.07, 6.45) is 0.223. The molecule has 122 valence electrons. The fourth-order valence-electron chi connectivity index (χ4n) is 2.73. The quantitative estimate of drug-likeness (QED) is 0.735. The van der Waals surface area contributed by atoms with Crippen LogP contribution < -0.4 is 11.4 Å². The third kappa shape index (κ3) is 3.26. The molecule has 0 bridgehead atoms. The van der Waals surface area contributed by atoms with Crippen molar-refractivity contribution in [3.8, 4) is 0 Å². The molecule has 1 aromatic heterocycles. The van der Waals surface area contributed by atoms with Gasteiger partial charge in [-0.15, -0.1) is 0 Å².